The highest BCUT2D eigenvalue weighted by Crippen LogP contribution is 2.71. The van der Waals surface area contributed by atoms with E-state index in [1.165, 1.54) is 28.4 Å². The van der Waals surface area contributed by atoms with E-state index in [0.717, 1.165) is 46.4 Å². The summed E-state index contributed by atoms with van der Waals surface area (Å²) < 4.78 is 18.8. The summed E-state index contributed by atoms with van der Waals surface area (Å²) in [6.07, 6.45) is 0.904. The molecule has 0 atom stereocenters. The van der Waals surface area contributed by atoms with Crippen LogP contribution >= 0.6 is 35.3 Å². The predicted octanol–water partition coefficient (Wildman–Crippen LogP) is 5.02. The molecule has 0 N–H and O–H groups in total. The molecule has 43 heavy (non-hydrogen) atoms. The largest absolute Gasteiger partial charge is 0.466 e. The Kier molecular flexibility index (Phi) is 9.20. The van der Waals surface area contributed by atoms with E-state index >= 15 is 0 Å². The van der Waals surface area contributed by atoms with E-state index in [2.05, 4.69) is 0 Å². The van der Waals surface area contributed by atoms with Gasteiger partial charge in [-0.2, -0.15) is 0 Å². The molecule has 1 amide bonds. The molecule has 1 aromatic rings. The monoisotopic (exact) mass is 647 g/mol. The number of nitrogens with zero attached hydrogens (tertiary/aromatic N) is 1. The Morgan fingerprint density at radius 2 is 1.30 bits per heavy atom. The Labute approximate surface area is 262 Å². The minimum Gasteiger partial charge on any atom is -0.466 e. The van der Waals surface area contributed by atoms with Crippen LogP contribution in [0.3, 0.4) is 0 Å². The third-order valence-electron chi connectivity index (χ3n) is 7.28. The number of hydrogen-bond donors (Lipinski definition) is 0. The maximum atomic E-state index is 13.8. The van der Waals surface area contributed by atoms with Gasteiger partial charge in [0.1, 0.15) is 18.8 Å². The second-order valence-electron chi connectivity index (χ2n) is 10.5. The predicted molar refractivity (Wildman–Crippen MR) is 167 cm³/mol. The molecule has 0 aliphatic carbocycles. The highest BCUT2D eigenvalue weighted by Gasteiger charge is 2.62. The van der Waals surface area contributed by atoms with Gasteiger partial charge in [0.15, 0.2) is 0 Å². The van der Waals surface area contributed by atoms with Crippen LogP contribution in [0.15, 0.2) is 37.3 Å². The van der Waals surface area contributed by atoms with Gasteiger partial charge in [0, 0.05) is 22.5 Å². The number of ether oxygens (including phenoxy) is 4. The molecule has 10 nitrogen and oxygen atoms in total. The number of fused-ring (bicyclic) bond motifs is 3. The summed E-state index contributed by atoms with van der Waals surface area (Å²) in [5.41, 5.74) is 2.41. The van der Waals surface area contributed by atoms with Crippen molar-refractivity contribution in [1.29, 1.82) is 0 Å². The number of amides is 1. The topological polar surface area (TPSA) is 126 Å². The van der Waals surface area contributed by atoms with Gasteiger partial charge in [0.25, 0.3) is 0 Å². The molecule has 230 valence electrons. The first kappa shape index (κ1) is 32.7. The van der Waals surface area contributed by atoms with Crippen molar-refractivity contribution >= 4 is 76.3 Å². The van der Waals surface area contributed by atoms with Gasteiger partial charge < -0.3 is 23.8 Å². The highest BCUT2D eigenvalue weighted by molar-refractivity contribution is 8.26. The Bertz CT molecular complexity index is 1530. The minimum atomic E-state index is -1.60. The van der Waals surface area contributed by atoms with E-state index in [-0.39, 0.29) is 32.6 Å². The molecule has 0 saturated heterocycles. The minimum absolute atomic E-state index is 0.0766. The summed E-state index contributed by atoms with van der Waals surface area (Å²) in [6, 6.07) is 3.88. The van der Waals surface area contributed by atoms with Crippen molar-refractivity contribution < 1.29 is 42.9 Å². The quantitative estimate of drug-likeness (QED) is 0.304. The second-order valence-corrected chi connectivity index (χ2v) is 14.2. The summed E-state index contributed by atoms with van der Waals surface area (Å²) >= 11 is 2.84. The van der Waals surface area contributed by atoms with E-state index in [0.29, 0.717) is 28.1 Å². The fourth-order valence-corrected chi connectivity index (χ4v) is 10.6. The van der Waals surface area contributed by atoms with Crippen LogP contribution < -0.4 is 4.90 Å². The van der Waals surface area contributed by atoms with Crippen molar-refractivity contribution in [2.45, 2.75) is 57.1 Å². The summed E-state index contributed by atoms with van der Waals surface area (Å²) in [5, 5.41) is 0. The molecular weight excluding hydrogens is 615 g/mol. The second kappa shape index (κ2) is 12.1. The third kappa shape index (κ3) is 5.08. The van der Waals surface area contributed by atoms with Crippen molar-refractivity contribution in [3.8, 4) is 0 Å². The standard InChI is InChI=1S/C30H33NO9S3/c1-10-11-17(32)31-20-15(3)12-14(2)13-16(20)18-24(29(31,4)5)41-21(26(34)38-7)19(25(33)37-6)30(18)42-22(27(35)39-8)23(43-30)28(36)40-9/h12-13H,10-11H2,1-9H3. The molecule has 0 radical (unpaired) electrons. The average molecular weight is 648 g/mol. The Hall–Kier alpha value is -3.16. The average Bonchev–Trinajstić information content (AvgIpc) is 3.36. The van der Waals surface area contributed by atoms with E-state index in [1.807, 2.05) is 46.8 Å². The van der Waals surface area contributed by atoms with Gasteiger partial charge in [-0.1, -0.05) is 53.8 Å². The summed E-state index contributed by atoms with van der Waals surface area (Å²) in [6.45, 7) is 9.49. The Morgan fingerprint density at radius 1 is 0.791 bits per heavy atom. The first-order valence-corrected chi connectivity index (χ1v) is 15.8. The van der Waals surface area contributed by atoms with Crippen molar-refractivity contribution in [1.82, 2.24) is 0 Å². The highest BCUT2D eigenvalue weighted by atomic mass is 32.2. The number of carbonyl (C=O) groups is 5. The van der Waals surface area contributed by atoms with Crippen LogP contribution in [-0.4, -0.2) is 67.8 Å². The molecule has 3 heterocycles. The fourth-order valence-electron chi connectivity index (χ4n) is 5.57. The molecule has 3 aliphatic heterocycles. The lowest BCUT2D eigenvalue weighted by Gasteiger charge is -2.51. The molecule has 0 saturated carbocycles. The number of hydrogen-bond acceptors (Lipinski definition) is 12. The Balaban J connectivity index is 2.21. The van der Waals surface area contributed by atoms with Crippen LogP contribution in [-0.2, 0) is 42.9 Å². The van der Waals surface area contributed by atoms with Crippen molar-refractivity contribution in [3.63, 3.8) is 0 Å². The van der Waals surface area contributed by atoms with Gasteiger partial charge in [-0.15, -0.1) is 0 Å². The van der Waals surface area contributed by atoms with Crippen LogP contribution in [0.25, 0.3) is 5.57 Å². The molecule has 0 bridgehead atoms. The van der Waals surface area contributed by atoms with Crippen LogP contribution in [0, 0.1) is 13.8 Å². The lowest BCUT2D eigenvalue weighted by Crippen LogP contribution is -2.54. The van der Waals surface area contributed by atoms with Crippen molar-refractivity contribution in [2.75, 3.05) is 33.3 Å². The molecular formula is C30H33NO9S3. The maximum Gasteiger partial charge on any atom is 0.345 e. The number of aryl methyl sites for hydroxylation is 2. The number of thioether (sulfide) groups is 3. The number of rotatable bonds is 6. The van der Waals surface area contributed by atoms with Crippen molar-refractivity contribution in [3.05, 3.63) is 54.0 Å². The van der Waals surface area contributed by atoms with Crippen LogP contribution in [0.4, 0.5) is 5.69 Å². The molecule has 1 aromatic carbocycles. The number of esters is 4. The van der Waals surface area contributed by atoms with Crippen LogP contribution in [0.5, 0.6) is 0 Å². The first-order chi connectivity index (χ1) is 20.2. The molecule has 3 aliphatic rings. The van der Waals surface area contributed by atoms with Gasteiger partial charge in [-0.05, 0) is 45.7 Å². The Morgan fingerprint density at radius 3 is 1.79 bits per heavy atom. The van der Waals surface area contributed by atoms with E-state index < -0.39 is 33.5 Å². The zero-order valence-corrected chi connectivity index (χ0v) is 27.9. The number of anilines is 1. The lowest BCUT2D eigenvalue weighted by atomic mass is 9.81. The normalized spacial score (nSPS) is 18.3. The fraction of sp³-hybridized carbons (Fsp3) is 0.433. The lowest BCUT2D eigenvalue weighted by molar-refractivity contribution is -0.138. The van der Waals surface area contributed by atoms with E-state index in [1.54, 1.807) is 4.90 Å². The molecule has 13 heteroatoms. The molecule has 0 unspecified atom stereocenters. The summed E-state index contributed by atoms with van der Waals surface area (Å²) in [5.74, 6) is -3.39. The van der Waals surface area contributed by atoms with Crippen molar-refractivity contribution in [2.24, 2.45) is 0 Å². The molecule has 1 spiro atoms. The smallest absolute Gasteiger partial charge is 0.345 e. The molecule has 0 aromatic heterocycles. The SMILES string of the molecule is CCCC(=O)N1c2c(C)cc(C)cc2C2=C(SC(C(=O)OC)=C(C(=O)OC)C23SC(C(=O)OC)=C(C(=O)OC)S3)C1(C)C. The van der Waals surface area contributed by atoms with E-state index in [4.69, 9.17) is 18.9 Å². The number of benzene rings is 1. The van der Waals surface area contributed by atoms with E-state index in [9.17, 15) is 24.0 Å². The zero-order valence-electron chi connectivity index (χ0n) is 25.4. The zero-order chi connectivity index (χ0) is 32.0. The molecule has 4 rings (SSSR count). The third-order valence-corrected chi connectivity index (χ3v) is 11.9. The number of methoxy groups -OCH3 is 4. The van der Waals surface area contributed by atoms with Crippen LogP contribution in [0.1, 0.15) is 50.3 Å². The van der Waals surface area contributed by atoms with Gasteiger partial charge in [-0.3, -0.25) is 4.79 Å². The molecule has 0 fully saturated rings. The summed E-state index contributed by atoms with van der Waals surface area (Å²) in [7, 11) is 4.74. The van der Waals surface area contributed by atoms with Gasteiger partial charge in [0.2, 0.25) is 5.91 Å². The first-order valence-electron chi connectivity index (χ1n) is 13.3. The van der Waals surface area contributed by atoms with Gasteiger partial charge in [-0.25, -0.2) is 19.2 Å². The number of carbonyl (C=O) groups excluding carboxylic acids is 5. The summed E-state index contributed by atoms with van der Waals surface area (Å²) in [4.78, 5) is 69.3. The van der Waals surface area contributed by atoms with Crippen LogP contribution in [0.2, 0.25) is 0 Å². The maximum absolute atomic E-state index is 13.8. The van der Waals surface area contributed by atoms with Gasteiger partial charge >= 0.3 is 23.9 Å². The van der Waals surface area contributed by atoms with Gasteiger partial charge in [0.05, 0.1) is 45.2 Å².